The molecular weight excluding hydrogens is 340 g/mol. The van der Waals surface area contributed by atoms with Gasteiger partial charge in [0.05, 0.1) is 19.7 Å². The van der Waals surface area contributed by atoms with E-state index >= 15 is 0 Å². The van der Waals surface area contributed by atoms with Crippen molar-refractivity contribution in [2.24, 2.45) is 0 Å². The molecule has 0 amide bonds. The summed E-state index contributed by atoms with van der Waals surface area (Å²) in [5.41, 5.74) is 8.40. The molecule has 2 aromatic carbocycles. The second kappa shape index (κ2) is 7.31. The van der Waals surface area contributed by atoms with Crippen LogP contribution in [0.25, 0.3) is 10.9 Å². The summed E-state index contributed by atoms with van der Waals surface area (Å²) >= 11 is 0. The first-order valence-electron chi connectivity index (χ1n) is 9.18. The highest BCUT2D eigenvalue weighted by molar-refractivity contribution is 5.91. The van der Waals surface area contributed by atoms with Crippen LogP contribution >= 0.6 is 0 Å². The Morgan fingerprint density at radius 1 is 0.963 bits per heavy atom. The number of nitrogens with zero attached hydrogens (tertiary/aromatic N) is 3. The summed E-state index contributed by atoms with van der Waals surface area (Å²) in [6.07, 6.45) is 2.16. The molecule has 0 atom stereocenters. The molecule has 140 valence electrons. The molecule has 4 rings (SSSR count). The van der Waals surface area contributed by atoms with E-state index in [4.69, 9.17) is 20.2 Å². The van der Waals surface area contributed by atoms with Gasteiger partial charge in [-0.15, -0.1) is 0 Å². The second-order valence-corrected chi connectivity index (χ2v) is 6.81. The SMILES string of the molecule is COc1cc2nc(N3CCC(c4ccccc4)CC3)nc(N)c2cc1OC. The number of anilines is 2. The van der Waals surface area contributed by atoms with Crippen LogP contribution in [-0.2, 0) is 0 Å². The second-order valence-electron chi connectivity index (χ2n) is 6.81. The number of piperidine rings is 1. The van der Waals surface area contributed by atoms with Crippen LogP contribution < -0.4 is 20.1 Å². The third-order valence-corrected chi connectivity index (χ3v) is 5.27. The zero-order chi connectivity index (χ0) is 18.8. The maximum absolute atomic E-state index is 6.22. The van der Waals surface area contributed by atoms with E-state index in [9.17, 15) is 0 Å². The van der Waals surface area contributed by atoms with Gasteiger partial charge in [-0.3, -0.25) is 0 Å². The van der Waals surface area contributed by atoms with Crippen molar-refractivity contribution < 1.29 is 9.47 Å². The van der Waals surface area contributed by atoms with Gasteiger partial charge < -0.3 is 20.1 Å². The van der Waals surface area contributed by atoms with E-state index in [2.05, 4.69) is 40.2 Å². The van der Waals surface area contributed by atoms with Gasteiger partial charge in [0, 0.05) is 24.5 Å². The summed E-state index contributed by atoms with van der Waals surface area (Å²) in [7, 11) is 3.22. The predicted octanol–water partition coefficient (Wildman–Crippen LogP) is 3.61. The van der Waals surface area contributed by atoms with E-state index in [1.54, 1.807) is 14.2 Å². The van der Waals surface area contributed by atoms with Crippen molar-refractivity contribution in [3.63, 3.8) is 0 Å². The molecule has 0 radical (unpaired) electrons. The summed E-state index contributed by atoms with van der Waals surface area (Å²) in [6.45, 7) is 1.83. The van der Waals surface area contributed by atoms with E-state index < -0.39 is 0 Å². The zero-order valence-corrected chi connectivity index (χ0v) is 15.7. The fraction of sp³-hybridized carbons (Fsp3) is 0.333. The van der Waals surface area contributed by atoms with E-state index in [1.165, 1.54) is 5.56 Å². The Morgan fingerprint density at radius 3 is 2.30 bits per heavy atom. The molecule has 2 N–H and O–H groups in total. The minimum atomic E-state index is 0.459. The van der Waals surface area contributed by atoms with Gasteiger partial charge in [0.2, 0.25) is 5.95 Å². The first-order valence-corrected chi connectivity index (χ1v) is 9.18. The Labute approximate surface area is 158 Å². The van der Waals surface area contributed by atoms with Gasteiger partial charge in [0.25, 0.3) is 0 Å². The average Bonchev–Trinajstić information content (AvgIpc) is 2.73. The lowest BCUT2D eigenvalue weighted by atomic mass is 9.90. The number of hydrogen-bond acceptors (Lipinski definition) is 6. The molecule has 0 bridgehead atoms. The fourth-order valence-electron chi connectivity index (χ4n) is 3.75. The quantitative estimate of drug-likeness (QED) is 0.762. The van der Waals surface area contributed by atoms with Gasteiger partial charge in [-0.05, 0) is 30.4 Å². The van der Waals surface area contributed by atoms with E-state index in [0.717, 1.165) is 36.8 Å². The van der Waals surface area contributed by atoms with E-state index in [-0.39, 0.29) is 0 Å². The summed E-state index contributed by atoms with van der Waals surface area (Å²) in [4.78, 5) is 11.5. The summed E-state index contributed by atoms with van der Waals surface area (Å²) in [5, 5.41) is 0.774. The molecule has 0 unspecified atom stereocenters. The Kier molecular flexibility index (Phi) is 4.71. The van der Waals surface area contributed by atoms with Gasteiger partial charge in [-0.25, -0.2) is 4.98 Å². The lowest BCUT2D eigenvalue weighted by Gasteiger charge is -2.32. The predicted molar refractivity (Wildman–Crippen MR) is 108 cm³/mol. The Hall–Kier alpha value is -3.02. The molecule has 2 heterocycles. The molecule has 1 saturated heterocycles. The number of rotatable bonds is 4. The first-order chi connectivity index (χ1) is 13.2. The van der Waals surface area contributed by atoms with Crippen LogP contribution in [0.2, 0.25) is 0 Å². The molecule has 1 fully saturated rings. The van der Waals surface area contributed by atoms with Gasteiger partial charge in [0.15, 0.2) is 11.5 Å². The molecule has 3 aromatic rings. The summed E-state index contributed by atoms with van der Waals surface area (Å²) in [5.74, 6) is 2.98. The Balaban J connectivity index is 1.59. The normalized spacial score (nSPS) is 15.1. The van der Waals surface area contributed by atoms with Crippen molar-refractivity contribution in [1.29, 1.82) is 0 Å². The molecular formula is C21H24N4O2. The van der Waals surface area contributed by atoms with Gasteiger partial charge in [-0.1, -0.05) is 30.3 Å². The van der Waals surface area contributed by atoms with Gasteiger partial charge in [0.1, 0.15) is 5.82 Å². The van der Waals surface area contributed by atoms with Gasteiger partial charge in [-0.2, -0.15) is 4.98 Å². The van der Waals surface area contributed by atoms with Crippen LogP contribution in [0.5, 0.6) is 11.5 Å². The number of nitrogens with two attached hydrogens (primary N) is 1. The molecule has 0 spiro atoms. The molecule has 0 saturated carbocycles. The van der Waals surface area contributed by atoms with E-state index in [1.807, 2.05) is 12.1 Å². The third kappa shape index (κ3) is 3.35. The smallest absolute Gasteiger partial charge is 0.227 e. The van der Waals surface area contributed by atoms with Gasteiger partial charge >= 0.3 is 0 Å². The van der Waals surface area contributed by atoms with Crippen LogP contribution in [-0.4, -0.2) is 37.3 Å². The lowest BCUT2D eigenvalue weighted by molar-refractivity contribution is 0.356. The number of nitrogen functional groups attached to an aromatic ring is 1. The monoisotopic (exact) mass is 364 g/mol. The summed E-state index contributed by atoms with van der Waals surface area (Å²) < 4.78 is 10.7. The number of hydrogen-bond donors (Lipinski definition) is 1. The highest BCUT2D eigenvalue weighted by Gasteiger charge is 2.23. The van der Waals surface area contributed by atoms with Crippen molar-refractivity contribution in [2.45, 2.75) is 18.8 Å². The molecule has 6 heteroatoms. The molecule has 6 nitrogen and oxygen atoms in total. The largest absolute Gasteiger partial charge is 0.493 e. The minimum Gasteiger partial charge on any atom is -0.493 e. The first kappa shape index (κ1) is 17.4. The maximum Gasteiger partial charge on any atom is 0.227 e. The Morgan fingerprint density at radius 2 is 1.63 bits per heavy atom. The van der Waals surface area contributed by atoms with E-state index in [0.29, 0.717) is 29.2 Å². The highest BCUT2D eigenvalue weighted by atomic mass is 16.5. The minimum absolute atomic E-state index is 0.459. The Bertz CT molecular complexity index is 938. The number of fused-ring (bicyclic) bond motifs is 1. The fourth-order valence-corrected chi connectivity index (χ4v) is 3.75. The van der Waals surface area contributed by atoms with Crippen molar-refractivity contribution in [1.82, 2.24) is 9.97 Å². The molecule has 0 aliphatic carbocycles. The number of benzene rings is 2. The molecule has 27 heavy (non-hydrogen) atoms. The van der Waals surface area contributed by atoms with Crippen LogP contribution in [0.3, 0.4) is 0 Å². The third-order valence-electron chi connectivity index (χ3n) is 5.27. The van der Waals surface area contributed by atoms with Crippen LogP contribution in [0.15, 0.2) is 42.5 Å². The highest BCUT2D eigenvalue weighted by Crippen LogP contribution is 2.35. The number of methoxy groups -OCH3 is 2. The standard InChI is InChI=1S/C21H24N4O2/c1-26-18-12-16-17(13-19(18)27-2)23-21(24-20(16)22)25-10-8-15(9-11-25)14-6-4-3-5-7-14/h3-7,12-13,15H,8-11H2,1-2H3,(H2,22,23,24). The lowest BCUT2D eigenvalue weighted by Crippen LogP contribution is -2.34. The number of aromatic nitrogens is 2. The van der Waals surface area contributed by atoms with Crippen molar-refractivity contribution in [2.75, 3.05) is 37.9 Å². The van der Waals surface area contributed by atoms with Crippen LogP contribution in [0, 0.1) is 0 Å². The topological polar surface area (TPSA) is 73.5 Å². The zero-order valence-electron chi connectivity index (χ0n) is 15.7. The van der Waals surface area contributed by atoms with Crippen molar-refractivity contribution in [3.05, 3.63) is 48.0 Å². The average molecular weight is 364 g/mol. The number of ether oxygens (including phenoxy) is 2. The van der Waals surface area contributed by atoms with Crippen LogP contribution in [0.1, 0.15) is 24.3 Å². The molecule has 1 aliphatic heterocycles. The van der Waals surface area contributed by atoms with Crippen molar-refractivity contribution in [3.8, 4) is 11.5 Å². The molecule has 1 aromatic heterocycles. The van der Waals surface area contributed by atoms with Crippen molar-refractivity contribution >= 4 is 22.7 Å². The summed E-state index contributed by atoms with van der Waals surface area (Å²) in [6, 6.07) is 14.4. The van der Waals surface area contributed by atoms with Crippen LogP contribution in [0.4, 0.5) is 11.8 Å². The molecule has 1 aliphatic rings. The maximum atomic E-state index is 6.22.